The van der Waals surface area contributed by atoms with Crippen LogP contribution in [0, 0.1) is 6.92 Å². The third kappa shape index (κ3) is 3.86. The number of nitrogens with zero attached hydrogens (tertiary/aromatic N) is 2. The molecule has 2 rings (SSSR count). The summed E-state index contributed by atoms with van der Waals surface area (Å²) in [6.07, 6.45) is 2.66. The highest BCUT2D eigenvalue weighted by Crippen LogP contribution is 2.28. The second kappa shape index (κ2) is 7.10. The third-order valence-electron chi connectivity index (χ3n) is 3.62. The predicted molar refractivity (Wildman–Crippen MR) is 88.9 cm³/mol. The fraction of sp³-hybridized carbons (Fsp3) is 0.471. The van der Waals surface area contributed by atoms with Crippen molar-refractivity contribution in [2.45, 2.75) is 46.2 Å². The summed E-state index contributed by atoms with van der Waals surface area (Å²) >= 11 is 6.39. The smallest absolute Gasteiger partial charge is 0.0834 e. The maximum absolute atomic E-state index is 6.39. The predicted octanol–water partition coefficient (Wildman–Crippen LogP) is 4.32. The number of hydrogen-bond donors (Lipinski definition) is 1. The average Bonchev–Trinajstić information content (AvgIpc) is 2.83. The van der Waals surface area contributed by atoms with E-state index >= 15 is 0 Å². The molecule has 0 saturated heterocycles. The molecule has 0 aliphatic carbocycles. The lowest BCUT2D eigenvalue weighted by molar-refractivity contribution is 0.448. The van der Waals surface area contributed by atoms with Gasteiger partial charge in [0.25, 0.3) is 0 Å². The number of nitrogens with one attached hydrogen (secondary N) is 1. The van der Waals surface area contributed by atoms with E-state index in [-0.39, 0.29) is 6.04 Å². The lowest BCUT2D eigenvalue weighted by Crippen LogP contribution is -2.26. The molecule has 4 heteroatoms. The van der Waals surface area contributed by atoms with Crippen LogP contribution in [0.4, 0.5) is 0 Å². The Bertz CT molecular complexity index is 572. The van der Waals surface area contributed by atoms with Crippen LogP contribution in [0.3, 0.4) is 0 Å². The summed E-state index contributed by atoms with van der Waals surface area (Å²) in [5.74, 6) is 0. The molecule has 0 amide bonds. The molecule has 0 aliphatic heterocycles. The molecular formula is C17H24ClN3. The summed E-state index contributed by atoms with van der Waals surface area (Å²) in [5, 5.41) is 8.70. The zero-order valence-corrected chi connectivity index (χ0v) is 14.0. The quantitative estimate of drug-likeness (QED) is 0.861. The van der Waals surface area contributed by atoms with Crippen molar-refractivity contribution in [1.29, 1.82) is 0 Å². The van der Waals surface area contributed by atoms with Gasteiger partial charge in [-0.2, -0.15) is 5.10 Å². The lowest BCUT2D eigenvalue weighted by atomic mass is 10.0. The average molecular weight is 306 g/mol. The number of rotatable bonds is 6. The Hall–Kier alpha value is -1.32. The van der Waals surface area contributed by atoms with Crippen LogP contribution < -0.4 is 5.32 Å². The van der Waals surface area contributed by atoms with Crippen molar-refractivity contribution in [1.82, 2.24) is 15.1 Å². The molecule has 21 heavy (non-hydrogen) atoms. The SMILES string of the molecule is CCNC(Cc1ccc(C)cc1)c1c(Cl)cnn1C(C)C. The van der Waals surface area contributed by atoms with Gasteiger partial charge in [-0.3, -0.25) is 4.68 Å². The minimum atomic E-state index is 0.176. The molecule has 1 aromatic carbocycles. The van der Waals surface area contributed by atoms with Crippen LogP contribution in [-0.2, 0) is 6.42 Å². The third-order valence-corrected chi connectivity index (χ3v) is 3.91. The molecule has 1 heterocycles. The monoisotopic (exact) mass is 305 g/mol. The standard InChI is InChI=1S/C17H24ClN3/c1-5-19-16(10-14-8-6-13(4)7-9-14)17-15(18)11-20-21(17)12(2)3/h6-9,11-12,16,19H,5,10H2,1-4H3. The van der Waals surface area contributed by atoms with E-state index in [2.05, 4.69) is 62.4 Å². The van der Waals surface area contributed by atoms with E-state index in [9.17, 15) is 0 Å². The summed E-state index contributed by atoms with van der Waals surface area (Å²) in [7, 11) is 0. The second-order valence-electron chi connectivity index (χ2n) is 5.72. The molecule has 0 fully saturated rings. The van der Waals surface area contributed by atoms with E-state index in [0.29, 0.717) is 6.04 Å². The molecule has 1 atom stereocenters. The highest BCUT2D eigenvalue weighted by Gasteiger charge is 2.21. The zero-order valence-electron chi connectivity index (χ0n) is 13.2. The topological polar surface area (TPSA) is 29.9 Å². The first-order valence-electron chi connectivity index (χ1n) is 7.54. The van der Waals surface area contributed by atoms with Gasteiger partial charge >= 0.3 is 0 Å². The first kappa shape index (κ1) is 16.1. The maximum atomic E-state index is 6.39. The van der Waals surface area contributed by atoms with Gasteiger partial charge in [-0.1, -0.05) is 48.4 Å². The Balaban J connectivity index is 2.30. The van der Waals surface area contributed by atoms with Gasteiger partial charge in [0.2, 0.25) is 0 Å². The summed E-state index contributed by atoms with van der Waals surface area (Å²) < 4.78 is 2.02. The number of aromatic nitrogens is 2. The van der Waals surface area contributed by atoms with Crippen molar-refractivity contribution >= 4 is 11.6 Å². The van der Waals surface area contributed by atoms with Gasteiger partial charge in [0, 0.05) is 6.04 Å². The molecule has 2 aromatic rings. The van der Waals surface area contributed by atoms with Crippen molar-refractivity contribution in [3.63, 3.8) is 0 Å². The van der Waals surface area contributed by atoms with E-state index in [1.807, 2.05) is 4.68 Å². The fourth-order valence-corrected chi connectivity index (χ4v) is 2.82. The first-order chi connectivity index (χ1) is 10.0. The van der Waals surface area contributed by atoms with E-state index < -0.39 is 0 Å². The molecule has 0 spiro atoms. The van der Waals surface area contributed by atoms with Gasteiger partial charge in [0.1, 0.15) is 0 Å². The van der Waals surface area contributed by atoms with Crippen molar-refractivity contribution in [2.24, 2.45) is 0 Å². The van der Waals surface area contributed by atoms with Gasteiger partial charge in [0.05, 0.1) is 23.0 Å². The second-order valence-corrected chi connectivity index (χ2v) is 6.12. The van der Waals surface area contributed by atoms with Crippen molar-refractivity contribution in [3.05, 3.63) is 52.3 Å². The van der Waals surface area contributed by atoms with Gasteiger partial charge < -0.3 is 5.32 Å². The van der Waals surface area contributed by atoms with E-state index in [0.717, 1.165) is 23.7 Å². The Morgan fingerprint density at radius 3 is 2.48 bits per heavy atom. The summed E-state index contributed by atoms with van der Waals surface area (Å²) in [6.45, 7) is 9.38. The highest BCUT2D eigenvalue weighted by molar-refractivity contribution is 6.31. The van der Waals surface area contributed by atoms with Gasteiger partial charge in [-0.05, 0) is 39.3 Å². The van der Waals surface area contributed by atoms with Crippen molar-refractivity contribution < 1.29 is 0 Å². The molecular weight excluding hydrogens is 282 g/mol. The molecule has 0 bridgehead atoms. The molecule has 1 unspecified atom stereocenters. The minimum absolute atomic E-state index is 0.176. The molecule has 1 N–H and O–H groups in total. The number of hydrogen-bond acceptors (Lipinski definition) is 2. The van der Waals surface area contributed by atoms with Crippen LogP contribution in [0.15, 0.2) is 30.5 Å². The van der Waals surface area contributed by atoms with Gasteiger partial charge in [0.15, 0.2) is 0 Å². The molecule has 3 nitrogen and oxygen atoms in total. The molecule has 0 saturated carbocycles. The maximum Gasteiger partial charge on any atom is 0.0834 e. The summed E-state index contributed by atoms with van der Waals surface area (Å²) in [4.78, 5) is 0. The first-order valence-corrected chi connectivity index (χ1v) is 7.92. The number of benzene rings is 1. The van der Waals surface area contributed by atoms with E-state index in [4.69, 9.17) is 11.6 Å². The van der Waals surface area contributed by atoms with Crippen molar-refractivity contribution in [3.8, 4) is 0 Å². The number of likely N-dealkylation sites (N-methyl/N-ethyl adjacent to an activating group) is 1. The summed E-state index contributed by atoms with van der Waals surface area (Å²) in [6, 6.07) is 9.15. The van der Waals surface area contributed by atoms with Gasteiger partial charge in [-0.25, -0.2) is 0 Å². The molecule has 1 aromatic heterocycles. The summed E-state index contributed by atoms with van der Waals surface area (Å²) in [5.41, 5.74) is 3.66. The zero-order chi connectivity index (χ0) is 15.4. The molecule has 0 aliphatic rings. The largest absolute Gasteiger partial charge is 0.309 e. The van der Waals surface area contributed by atoms with Crippen LogP contribution in [0.25, 0.3) is 0 Å². The van der Waals surface area contributed by atoms with Crippen molar-refractivity contribution in [2.75, 3.05) is 6.54 Å². The molecule has 0 radical (unpaired) electrons. The van der Waals surface area contributed by atoms with Crippen LogP contribution in [0.1, 0.15) is 49.7 Å². The fourth-order valence-electron chi connectivity index (χ4n) is 2.56. The normalized spacial score (nSPS) is 12.9. The molecule has 114 valence electrons. The highest BCUT2D eigenvalue weighted by atomic mass is 35.5. The Morgan fingerprint density at radius 2 is 1.90 bits per heavy atom. The van der Waals surface area contributed by atoms with Crippen LogP contribution in [-0.4, -0.2) is 16.3 Å². The van der Waals surface area contributed by atoms with E-state index in [1.54, 1.807) is 6.20 Å². The Kier molecular flexibility index (Phi) is 5.43. The number of aryl methyl sites for hydroxylation is 1. The lowest BCUT2D eigenvalue weighted by Gasteiger charge is -2.22. The van der Waals surface area contributed by atoms with Crippen LogP contribution >= 0.6 is 11.6 Å². The van der Waals surface area contributed by atoms with Crippen LogP contribution in [0.5, 0.6) is 0 Å². The van der Waals surface area contributed by atoms with Crippen LogP contribution in [0.2, 0.25) is 5.02 Å². The Labute approximate surface area is 132 Å². The number of halogens is 1. The van der Waals surface area contributed by atoms with Gasteiger partial charge in [-0.15, -0.1) is 0 Å². The minimum Gasteiger partial charge on any atom is -0.309 e. The Morgan fingerprint density at radius 1 is 1.24 bits per heavy atom. The van der Waals surface area contributed by atoms with E-state index in [1.165, 1.54) is 11.1 Å².